The van der Waals surface area contributed by atoms with Gasteiger partial charge in [-0.25, -0.2) is 4.98 Å². The van der Waals surface area contributed by atoms with E-state index in [1.165, 1.54) is 11.3 Å². The van der Waals surface area contributed by atoms with Gasteiger partial charge in [0.2, 0.25) is 0 Å². The van der Waals surface area contributed by atoms with Crippen molar-refractivity contribution < 1.29 is 4.42 Å². The summed E-state index contributed by atoms with van der Waals surface area (Å²) in [5.74, 6) is 0.667. The third-order valence-electron chi connectivity index (χ3n) is 2.53. The number of allylic oxidation sites excluding steroid dienone is 1. The van der Waals surface area contributed by atoms with Gasteiger partial charge in [0, 0.05) is 6.08 Å². The number of halogens is 1. The van der Waals surface area contributed by atoms with E-state index in [-0.39, 0.29) is 0 Å². The fraction of sp³-hybridized carbons (Fsp3) is 0. The van der Waals surface area contributed by atoms with Crippen LogP contribution in [0.5, 0.6) is 0 Å². The number of nitrogens with zero attached hydrogens (tertiary/aromatic N) is 2. The van der Waals surface area contributed by atoms with E-state index in [4.69, 9.17) is 4.42 Å². The maximum absolute atomic E-state index is 9.28. The summed E-state index contributed by atoms with van der Waals surface area (Å²) >= 11 is 3.60. The number of para-hydroxylation sites is 1. The summed E-state index contributed by atoms with van der Waals surface area (Å²) in [6.07, 6.45) is 1.72. The summed E-state index contributed by atoms with van der Waals surface area (Å²) in [6.45, 7) is 0. The van der Waals surface area contributed by atoms with Crippen molar-refractivity contribution in [3.8, 4) is 6.07 Å². The molecule has 0 saturated heterocycles. The van der Waals surface area contributed by atoms with Crippen LogP contribution in [-0.4, -0.2) is 4.98 Å². The molecule has 3 nitrogen and oxygen atoms in total. The number of benzene rings is 1. The molecule has 1 aromatic carbocycles. The van der Waals surface area contributed by atoms with Crippen molar-refractivity contribution in [1.82, 2.24) is 4.98 Å². The number of fused-ring (bicyclic) bond motifs is 1. The Kier molecular flexibility index (Phi) is 3.36. The van der Waals surface area contributed by atoms with Gasteiger partial charge in [-0.3, -0.25) is 0 Å². The van der Waals surface area contributed by atoms with Crippen LogP contribution in [0, 0.1) is 15.1 Å². The van der Waals surface area contributed by atoms with Crippen molar-refractivity contribution in [2.45, 2.75) is 0 Å². The maximum atomic E-state index is 9.28. The number of hydrogen-bond acceptors (Lipinski definition) is 4. The molecule has 3 rings (SSSR count). The average molecular weight is 378 g/mol. The van der Waals surface area contributed by atoms with Crippen LogP contribution in [0.2, 0.25) is 0 Å². The van der Waals surface area contributed by atoms with Crippen LogP contribution >= 0.6 is 33.9 Å². The second-order valence-electron chi connectivity index (χ2n) is 3.80. The van der Waals surface area contributed by atoms with Crippen molar-refractivity contribution in [1.29, 1.82) is 5.26 Å². The molecule has 0 bridgehead atoms. The van der Waals surface area contributed by atoms with E-state index < -0.39 is 0 Å². The lowest BCUT2D eigenvalue weighted by Crippen LogP contribution is -1.78. The standard InChI is InChI=1S/C14H7IN2OS/c15-13-6-5-10(18-13)7-9(8-16)14-17-11-3-1-2-4-12(11)19-14/h1-7H/b9-7+. The quantitative estimate of drug-likeness (QED) is 0.485. The molecule has 0 saturated carbocycles. The van der Waals surface area contributed by atoms with Crippen molar-refractivity contribution in [2.24, 2.45) is 0 Å². The molecule has 0 aliphatic carbocycles. The lowest BCUT2D eigenvalue weighted by Gasteiger charge is -1.90. The second-order valence-corrected chi connectivity index (χ2v) is 5.89. The summed E-state index contributed by atoms with van der Waals surface area (Å²) in [4.78, 5) is 4.47. The van der Waals surface area contributed by atoms with E-state index in [0.717, 1.165) is 19.0 Å². The normalized spacial score (nSPS) is 11.7. The first kappa shape index (κ1) is 12.4. The van der Waals surface area contributed by atoms with Crippen LogP contribution < -0.4 is 0 Å². The largest absolute Gasteiger partial charge is 0.451 e. The van der Waals surface area contributed by atoms with E-state index in [1.807, 2.05) is 36.4 Å². The lowest BCUT2D eigenvalue weighted by atomic mass is 10.2. The van der Waals surface area contributed by atoms with Crippen molar-refractivity contribution in [2.75, 3.05) is 0 Å². The molecule has 0 aliphatic heterocycles. The van der Waals surface area contributed by atoms with Crippen molar-refractivity contribution >= 4 is 55.8 Å². The summed E-state index contributed by atoms with van der Waals surface area (Å²) in [7, 11) is 0. The second kappa shape index (κ2) is 5.15. The lowest BCUT2D eigenvalue weighted by molar-refractivity contribution is 0.528. The number of thiazole rings is 1. The zero-order valence-corrected chi connectivity index (χ0v) is 12.6. The minimum Gasteiger partial charge on any atom is -0.451 e. The highest BCUT2D eigenvalue weighted by molar-refractivity contribution is 14.1. The van der Waals surface area contributed by atoms with Gasteiger partial charge in [0.1, 0.15) is 16.8 Å². The van der Waals surface area contributed by atoms with E-state index in [9.17, 15) is 5.26 Å². The minimum absolute atomic E-state index is 0.520. The number of rotatable bonds is 2. The SMILES string of the molecule is N#C/C(=C\c1ccc(I)o1)c1nc2ccccc2s1. The van der Waals surface area contributed by atoms with Gasteiger partial charge in [-0.05, 0) is 46.9 Å². The fourth-order valence-corrected chi connectivity index (χ4v) is 3.04. The monoisotopic (exact) mass is 378 g/mol. The van der Waals surface area contributed by atoms with Crippen LogP contribution in [0.4, 0.5) is 0 Å². The molecule has 0 aliphatic rings. The summed E-state index contributed by atoms with van der Waals surface area (Å²) < 4.78 is 7.32. The molecule has 0 fully saturated rings. The van der Waals surface area contributed by atoms with Gasteiger partial charge in [0.25, 0.3) is 0 Å². The highest BCUT2D eigenvalue weighted by atomic mass is 127. The molecule has 2 aromatic heterocycles. The number of aromatic nitrogens is 1. The molecule has 0 spiro atoms. The molecule has 5 heteroatoms. The Hall–Kier alpha value is -1.65. The minimum atomic E-state index is 0.520. The zero-order chi connectivity index (χ0) is 13.2. The first-order chi connectivity index (χ1) is 9.26. The van der Waals surface area contributed by atoms with Crippen molar-refractivity contribution in [3.05, 3.63) is 50.9 Å². The fourth-order valence-electron chi connectivity index (χ4n) is 1.68. The predicted molar refractivity (Wildman–Crippen MR) is 84.5 cm³/mol. The van der Waals surface area contributed by atoms with Gasteiger partial charge in [0.15, 0.2) is 3.77 Å². The molecule has 3 aromatic rings. The Morgan fingerprint density at radius 3 is 2.84 bits per heavy atom. The number of furan rings is 1. The Morgan fingerprint density at radius 1 is 1.32 bits per heavy atom. The maximum Gasteiger partial charge on any atom is 0.164 e. The Labute approximate surface area is 127 Å². The van der Waals surface area contributed by atoms with Gasteiger partial charge in [-0.2, -0.15) is 5.26 Å². The van der Waals surface area contributed by atoms with Crippen LogP contribution in [0.3, 0.4) is 0 Å². The molecule has 0 unspecified atom stereocenters. The topological polar surface area (TPSA) is 49.8 Å². The van der Waals surface area contributed by atoms with E-state index in [2.05, 4.69) is 33.6 Å². The molecule has 0 radical (unpaired) electrons. The van der Waals surface area contributed by atoms with Gasteiger partial charge >= 0.3 is 0 Å². The summed E-state index contributed by atoms with van der Waals surface area (Å²) in [5.41, 5.74) is 1.43. The van der Waals surface area contributed by atoms with Gasteiger partial charge in [-0.15, -0.1) is 11.3 Å². The van der Waals surface area contributed by atoms with Crippen molar-refractivity contribution in [3.63, 3.8) is 0 Å². The number of nitriles is 1. The smallest absolute Gasteiger partial charge is 0.164 e. The highest BCUT2D eigenvalue weighted by Gasteiger charge is 2.09. The average Bonchev–Trinajstić information content (AvgIpc) is 3.01. The molecule has 2 heterocycles. The first-order valence-corrected chi connectivity index (χ1v) is 7.39. The Morgan fingerprint density at radius 2 is 2.16 bits per heavy atom. The Balaban J connectivity index is 2.07. The summed E-state index contributed by atoms with van der Waals surface area (Å²) in [6, 6.07) is 13.7. The van der Waals surface area contributed by atoms with E-state index >= 15 is 0 Å². The van der Waals surface area contributed by atoms with Crippen LogP contribution in [0.15, 0.2) is 40.8 Å². The highest BCUT2D eigenvalue weighted by Crippen LogP contribution is 2.28. The molecule has 0 amide bonds. The molecule has 92 valence electrons. The predicted octanol–water partition coefficient (Wildman–Crippen LogP) is 4.56. The molecular weight excluding hydrogens is 371 g/mol. The summed E-state index contributed by atoms with van der Waals surface area (Å²) in [5, 5.41) is 10.00. The first-order valence-electron chi connectivity index (χ1n) is 5.49. The number of hydrogen-bond donors (Lipinski definition) is 0. The van der Waals surface area contributed by atoms with E-state index in [0.29, 0.717) is 11.3 Å². The third kappa shape index (κ3) is 2.55. The zero-order valence-electron chi connectivity index (χ0n) is 9.63. The molecular formula is C14H7IN2OS. The Bertz CT molecular complexity index is 777. The van der Waals surface area contributed by atoms with E-state index in [1.54, 1.807) is 6.08 Å². The van der Waals surface area contributed by atoms with Crippen LogP contribution in [0.25, 0.3) is 21.9 Å². The van der Waals surface area contributed by atoms with Crippen LogP contribution in [-0.2, 0) is 0 Å². The van der Waals surface area contributed by atoms with Gasteiger partial charge < -0.3 is 4.42 Å². The third-order valence-corrected chi connectivity index (χ3v) is 4.17. The van der Waals surface area contributed by atoms with Crippen LogP contribution in [0.1, 0.15) is 10.8 Å². The molecule has 0 N–H and O–H groups in total. The molecule has 0 atom stereocenters. The molecule has 19 heavy (non-hydrogen) atoms. The van der Waals surface area contributed by atoms with Gasteiger partial charge in [0.05, 0.1) is 15.8 Å². The van der Waals surface area contributed by atoms with Gasteiger partial charge in [-0.1, -0.05) is 12.1 Å².